The van der Waals surface area contributed by atoms with Gasteiger partial charge in [0.25, 0.3) is 0 Å². The van der Waals surface area contributed by atoms with Crippen LogP contribution in [0.4, 0.5) is 4.79 Å². The Bertz CT molecular complexity index is 1140. The highest BCUT2D eigenvalue weighted by Crippen LogP contribution is 2.23. The van der Waals surface area contributed by atoms with Crippen LogP contribution in [-0.4, -0.2) is 54.3 Å². The van der Waals surface area contributed by atoms with Gasteiger partial charge in [-0.1, -0.05) is 88.0 Å². The molecule has 0 fully saturated rings. The van der Waals surface area contributed by atoms with E-state index in [1.165, 1.54) is 6.08 Å². The molecule has 0 saturated carbocycles. The third kappa shape index (κ3) is 15.9. The maximum atomic E-state index is 13.1. The molecule has 0 bridgehead atoms. The zero-order valence-corrected chi connectivity index (χ0v) is 28.3. The van der Waals surface area contributed by atoms with Crippen molar-refractivity contribution >= 4 is 36.4 Å². The molecule has 0 radical (unpaired) electrons. The Labute approximate surface area is 269 Å². The molecule has 0 saturated heterocycles. The van der Waals surface area contributed by atoms with E-state index >= 15 is 0 Å². The summed E-state index contributed by atoms with van der Waals surface area (Å²) in [5.74, 6) is -0.0109. The Morgan fingerprint density at radius 1 is 1.14 bits per heavy atom. The first kappa shape index (κ1) is 38.7. The van der Waals surface area contributed by atoms with Crippen LogP contribution in [0.2, 0.25) is 0 Å². The topological polar surface area (TPSA) is 111 Å². The van der Waals surface area contributed by atoms with E-state index in [2.05, 4.69) is 23.3 Å². The fourth-order valence-corrected chi connectivity index (χ4v) is 4.54. The summed E-state index contributed by atoms with van der Waals surface area (Å²) in [6, 6.07) is -0.681. The number of nitrogens with one attached hydrogen (secondary N) is 2. The van der Waals surface area contributed by atoms with Crippen molar-refractivity contribution in [3.8, 4) is 0 Å². The highest BCUT2D eigenvalue weighted by Gasteiger charge is 2.31. The minimum atomic E-state index is -0.681. The van der Waals surface area contributed by atoms with E-state index in [0.717, 1.165) is 12.0 Å². The summed E-state index contributed by atoms with van der Waals surface area (Å²) in [4.78, 5) is 49.6. The number of carbonyl (C=O) groups excluding carboxylic acids is 4. The van der Waals surface area contributed by atoms with E-state index in [-0.39, 0.29) is 42.2 Å². The first-order valence-corrected chi connectivity index (χ1v) is 16.0. The van der Waals surface area contributed by atoms with Crippen molar-refractivity contribution < 1.29 is 28.7 Å². The zero-order chi connectivity index (χ0) is 33.1. The molecule has 8 nitrogen and oxygen atoms in total. The second kappa shape index (κ2) is 20.6. The molecular formula is C35H52N2O6S. The van der Waals surface area contributed by atoms with Crippen molar-refractivity contribution in [2.24, 2.45) is 11.3 Å². The molecule has 0 unspecified atom stereocenters. The number of rotatable bonds is 17. The van der Waals surface area contributed by atoms with Crippen LogP contribution in [0.15, 0.2) is 71.9 Å². The summed E-state index contributed by atoms with van der Waals surface area (Å²) in [6.45, 7) is 13.8. The number of allylic oxidation sites excluding steroid dienone is 6. The van der Waals surface area contributed by atoms with Gasteiger partial charge in [-0.25, -0.2) is 9.59 Å². The standard InChI is InChI=1S/C35H52N2O6S/c1-8-9-16-28(42-34(41)36-22-14-23-44)17-11-12-18-29(38)32(35(5,6)7)37-31(39)19-13-10-15-25(2)24-27(4)30-21-20-26(3)33(40)43-30/h8-13,15,19-20,24,27-28,30,32,44H,14,16-18,21-23H2,1-7H3,(H,36,41)(H,37,39)/b9-8-,12-11-,15-10-,19-13-,25-24+/t27-,28-,30-,32+/m0/s1. The SMILES string of the molecule is C/C=C\C[C@@H](C/C=C\CC(=O)[C@@H](NC(=O)\C=C/C=C\C(C)=C\[C@H](C)[C@@H]1CC=C(C)C(=O)O1)C(C)(C)C)OC(=O)NCCCS. The molecule has 0 spiro atoms. The Morgan fingerprint density at radius 3 is 2.45 bits per heavy atom. The zero-order valence-electron chi connectivity index (χ0n) is 27.4. The van der Waals surface area contributed by atoms with Crippen LogP contribution in [0.5, 0.6) is 0 Å². The minimum absolute atomic E-state index is 0.0481. The van der Waals surface area contributed by atoms with Gasteiger partial charge in [0.1, 0.15) is 12.2 Å². The van der Waals surface area contributed by atoms with Gasteiger partial charge in [-0.2, -0.15) is 12.6 Å². The summed E-state index contributed by atoms with van der Waals surface area (Å²) >= 11 is 4.13. The Hall–Kier alpha value is -3.33. The van der Waals surface area contributed by atoms with Gasteiger partial charge in [-0.3, -0.25) is 9.59 Å². The minimum Gasteiger partial charge on any atom is -0.458 e. The van der Waals surface area contributed by atoms with Gasteiger partial charge in [0.15, 0.2) is 5.78 Å². The highest BCUT2D eigenvalue weighted by atomic mass is 32.1. The molecule has 0 aliphatic carbocycles. The number of esters is 1. The van der Waals surface area contributed by atoms with Crippen LogP contribution in [0.1, 0.15) is 80.6 Å². The van der Waals surface area contributed by atoms with E-state index in [1.807, 2.05) is 78.0 Å². The number of ether oxygens (including phenoxy) is 2. The molecule has 244 valence electrons. The highest BCUT2D eigenvalue weighted by molar-refractivity contribution is 7.80. The van der Waals surface area contributed by atoms with Crippen molar-refractivity contribution in [2.45, 2.75) is 98.8 Å². The van der Waals surface area contributed by atoms with Crippen molar-refractivity contribution in [1.82, 2.24) is 10.6 Å². The number of hydrogen-bond acceptors (Lipinski definition) is 7. The third-order valence-corrected chi connectivity index (χ3v) is 7.25. The van der Waals surface area contributed by atoms with Gasteiger partial charge in [0.05, 0.1) is 6.04 Å². The largest absolute Gasteiger partial charge is 0.458 e. The van der Waals surface area contributed by atoms with Gasteiger partial charge < -0.3 is 20.1 Å². The number of hydrogen-bond donors (Lipinski definition) is 3. The number of alkyl carbamates (subject to hydrolysis) is 1. The van der Waals surface area contributed by atoms with E-state index in [4.69, 9.17) is 9.47 Å². The number of Topliss-reactive ketones (excluding diaryl/α,β-unsaturated/α-hetero) is 1. The molecule has 2 N–H and O–H groups in total. The quantitative estimate of drug-likeness (QED) is 0.0410. The number of ketones is 1. The third-order valence-electron chi connectivity index (χ3n) is 6.94. The summed E-state index contributed by atoms with van der Waals surface area (Å²) in [7, 11) is 0. The summed E-state index contributed by atoms with van der Waals surface area (Å²) in [6.07, 6.45) is 19.7. The fraction of sp³-hybridized carbons (Fsp3) is 0.543. The second-order valence-corrected chi connectivity index (χ2v) is 12.5. The van der Waals surface area contributed by atoms with E-state index in [9.17, 15) is 19.2 Å². The van der Waals surface area contributed by atoms with Gasteiger partial charge in [-0.15, -0.1) is 0 Å². The van der Waals surface area contributed by atoms with E-state index < -0.39 is 17.6 Å². The van der Waals surface area contributed by atoms with Crippen molar-refractivity contribution in [3.63, 3.8) is 0 Å². The molecule has 0 aromatic rings. The lowest BCUT2D eigenvalue weighted by Crippen LogP contribution is -2.48. The van der Waals surface area contributed by atoms with Crippen molar-refractivity contribution in [1.29, 1.82) is 0 Å². The van der Waals surface area contributed by atoms with Crippen molar-refractivity contribution in [2.75, 3.05) is 12.3 Å². The molecule has 44 heavy (non-hydrogen) atoms. The molecule has 0 aromatic heterocycles. The van der Waals surface area contributed by atoms with Crippen molar-refractivity contribution in [3.05, 3.63) is 71.9 Å². The van der Waals surface area contributed by atoms with Gasteiger partial charge in [0, 0.05) is 49.8 Å². The summed E-state index contributed by atoms with van der Waals surface area (Å²) in [5.41, 5.74) is 1.13. The van der Waals surface area contributed by atoms with Crippen LogP contribution in [0, 0.1) is 11.3 Å². The molecular weight excluding hydrogens is 576 g/mol. The number of cyclic esters (lactones) is 1. The summed E-state index contributed by atoms with van der Waals surface area (Å²) < 4.78 is 11.0. The molecule has 1 heterocycles. The average molecular weight is 629 g/mol. The predicted octanol–water partition coefficient (Wildman–Crippen LogP) is 6.76. The van der Waals surface area contributed by atoms with Gasteiger partial charge in [-0.05, 0) is 38.4 Å². The van der Waals surface area contributed by atoms with Crippen LogP contribution >= 0.6 is 12.6 Å². The van der Waals surface area contributed by atoms with Crippen LogP contribution in [0.3, 0.4) is 0 Å². The summed E-state index contributed by atoms with van der Waals surface area (Å²) in [5, 5.41) is 5.57. The lowest BCUT2D eigenvalue weighted by Gasteiger charge is -2.29. The van der Waals surface area contributed by atoms with Gasteiger partial charge in [0.2, 0.25) is 5.91 Å². The number of amides is 2. The molecule has 1 aliphatic heterocycles. The Kier molecular flexibility index (Phi) is 18.1. The Balaban J connectivity index is 2.68. The Morgan fingerprint density at radius 2 is 1.82 bits per heavy atom. The average Bonchev–Trinajstić information content (AvgIpc) is 2.95. The lowest BCUT2D eigenvalue weighted by molar-refractivity contribution is -0.147. The second-order valence-electron chi connectivity index (χ2n) is 12.1. The molecule has 0 aromatic carbocycles. The first-order chi connectivity index (χ1) is 20.8. The number of carbonyl (C=O) groups is 4. The normalized spacial score (nSPS) is 18.4. The van der Waals surface area contributed by atoms with Gasteiger partial charge >= 0.3 is 12.1 Å². The molecule has 2 amide bonds. The number of thiol groups is 1. The maximum Gasteiger partial charge on any atom is 0.407 e. The maximum absolute atomic E-state index is 13.1. The fourth-order valence-electron chi connectivity index (χ4n) is 4.38. The first-order valence-electron chi connectivity index (χ1n) is 15.3. The van der Waals surface area contributed by atoms with Crippen LogP contribution in [-0.2, 0) is 23.9 Å². The monoisotopic (exact) mass is 628 g/mol. The predicted molar refractivity (Wildman–Crippen MR) is 180 cm³/mol. The molecule has 4 atom stereocenters. The van der Waals surface area contributed by atoms with E-state index in [1.54, 1.807) is 25.2 Å². The molecule has 9 heteroatoms. The van der Waals surface area contributed by atoms with Crippen LogP contribution in [0.25, 0.3) is 0 Å². The van der Waals surface area contributed by atoms with E-state index in [0.29, 0.717) is 37.1 Å². The molecule has 1 aliphatic rings. The smallest absolute Gasteiger partial charge is 0.407 e. The lowest BCUT2D eigenvalue weighted by atomic mass is 9.83. The molecule has 1 rings (SSSR count). The van der Waals surface area contributed by atoms with Crippen LogP contribution < -0.4 is 10.6 Å².